The molecule has 2 aromatic heterocycles. The van der Waals surface area contributed by atoms with Gasteiger partial charge in [0.05, 0.1) is 33.5 Å². The molecule has 1 aliphatic heterocycles. The Morgan fingerprint density at radius 3 is 2.64 bits per heavy atom. The number of aromatic nitrogens is 2. The number of nitrogens with zero attached hydrogens (tertiary/aromatic N) is 4. The number of aryl methyl sites for hydroxylation is 1. The number of anilines is 2. The van der Waals surface area contributed by atoms with Crippen molar-refractivity contribution in [1.29, 1.82) is 5.26 Å². The Balaban J connectivity index is 1.49. The average Bonchev–Trinajstić information content (AvgIpc) is 3.66. The number of hydrogen-bond donors (Lipinski definition) is 4. The average molecular weight is 619 g/mol. The van der Waals surface area contributed by atoms with Crippen LogP contribution in [-0.4, -0.2) is 33.1 Å². The first-order valence-corrected chi connectivity index (χ1v) is 14.7. The molecule has 2 aromatic carbocycles. The summed E-state index contributed by atoms with van der Waals surface area (Å²) in [4.78, 5) is 17.5. The second kappa shape index (κ2) is 10.9. The molecule has 0 bridgehead atoms. The van der Waals surface area contributed by atoms with Gasteiger partial charge < -0.3 is 20.6 Å². The van der Waals surface area contributed by atoms with Crippen LogP contribution in [-0.2, 0) is 7.05 Å². The minimum absolute atomic E-state index is 0.0604. The van der Waals surface area contributed by atoms with E-state index in [2.05, 4.69) is 53.4 Å². The van der Waals surface area contributed by atoms with E-state index in [9.17, 15) is 18.8 Å². The van der Waals surface area contributed by atoms with E-state index in [1.165, 1.54) is 15.8 Å². The molecule has 1 atom stereocenters. The zero-order valence-corrected chi connectivity index (χ0v) is 25.6. The van der Waals surface area contributed by atoms with E-state index < -0.39 is 18.0 Å². The number of alkyl halides is 2. The molecular formula is C32H33ClF2N8O. The fourth-order valence-corrected chi connectivity index (χ4v) is 5.79. The number of pyridine rings is 2. The Morgan fingerprint density at radius 2 is 1.95 bits per heavy atom. The van der Waals surface area contributed by atoms with Crippen LogP contribution < -0.4 is 27.2 Å². The second-order valence-corrected chi connectivity index (χ2v) is 13.0. The van der Waals surface area contributed by atoms with Gasteiger partial charge in [-0.2, -0.15) is 5.26 Å². The lowest BCUT2D eigenvalue weighted by atomic mass is 9.96. The fraction of sp³-hybridized carbons (Fsp3) is 0.344. The number of halogens is 3. The minimum Gasteiger partial charge on any atom is -0.383 e. The molecule has 0 radical (unpaired) electrons. The number of nitrogens with one attached hydrogen (secondary N) is 4. The summed E-state index contributed by atoms with van der Waals surface area (Å²) in [6.07, 6.45) is 3.08. The van der Waals surface area contributed by atoms with Gasteiger partial charge in [0, 0.05) is 48.6 Å². The summed E-state index contributed by atoms with van der Waals surface area (Å²) in [5, 5.41) is 20.6. The molecule has 1 aliphatic carbocycles. The number of rotatable bonds is 8. The summed E-state index contributed by atoms with van der Waals surface area (Å²) >= 11 is 6.78. The molecule has 3 heterocycles. The number of benzene rings is 2. The Labute approximate surface area is 258 Å². The van der Waals surface area contributed by atoms with Crippen LogP contribution in [0.4, 0.5) is 20.2 Å². The molecule has 1 fully saturated rings. The van der Waals surface area contributed by atoms with Crippen LogP contribution in [0.3, 0.4) is 0 Å². The standard InChI is InChI=1S/C32H33ClF2N8O/c1-31(2,3)17-38-26-18(14-36)15-37-27-23(26)12-19(13-24(27)33)39-28(25-16-43(41-40-25)32(9-10-32)30(34)35)21-6-5-7-22-20(21)8-11-42(4)29(22)44/h5-8,11-13,15-16,28,30,39-41H,9-10,17H2,1-4H3,(H,37,38)/t28-/m0/s1. The Kier molecular flexibility index (Phi) is 7.38. The summed E-state index contributed by atoms with van der Waals surface area (Å²) in [7, 11) is 1.69. The highest BCUT2D eigenvalue weighted by Gasteiger charge is 2.56. The second-order valence-electron chi connectivity index (χ2n) is 12.6. The maximum atomic E-state index is 14.0. The number of hydrogen-bond acceptors (Lipinski definition) is 8. The summed E-state index contributed by atoms with van der Waals surface area (Å²) in [6.45, 7) is 6.89. The van der Waals surface area contributed by atoms with Crippen LogP contribution in [0.25, 0.3) is 21.7 Å². The van der Waals surface area contributed by atoms with Gasteiger partial charge in [-0.25, -0.2) is 8.78 Å². The molecule has 4 aromatic rings. The Hall–Kier alpha value is -4.40. The van der Waals surface area contributed by atoms with Crippen molar-refractivity contribution in [3.8, 4) is 6.07 Å². The van der Waals surface area contributed by atoms with E-state index in [1.807, 2.05) is 18.2 Å². The molecular weight excluding hydrogens is 586 g/mol. The van der Waals surface area contributed by atoms with Crippen molar-refractivity contribution < 1.29 is 8.78 Å². The predicted octanol–water partition coefficient (Wildman–Crippen LogP) is 6.19. The molecule has 0 spiro atoms. The van der Waals surface area contributed by atoms with Crippen LogP contribution in [0.1, 0.15) is 50.8 Å². The first-order valence-electron chi connectivity index (χ1n) is 14.3. The molecule has 12 heteroatoms. The first-order chi connectivity index (χ1) is 20.9. The maximum Gasteiger partial charge on any atom is 0.262 e. The highest BCUT2D eigenvalue weighted by atomic mass is 35.5. The molecule has 228 valence electrons. The van der Waals surface area contributed by atoms with Crippen LogP contribution >= 0.6 is 11.6 Å². The largest absolute Gasteiger partial charge is 0.383 e. The van der Waals surface area contributed by atoms with Gasteiger partial charge in [-0.15, -0.1) is 5.53 Å². The first kappa shape index (κ1) is 29.7. The lowest BCUT2D eigenvalue weighted by Crippen LogP contribution is -2.48. The maximum absolute atomic E-state index is 14.0. The van der Waals surface area contributed by atoms with Crippen LogP contribution in [0.5, 0.6) is 0 Å². The molecule has 9 nitrogen and oxygen atoms in total. The molecule has 0 unspecified atom stereocenters. The van der Waals surface area contributed by atoms with Gasteiger partial charge in [-0.05, 0) is 53.5 Å². The van der Waals surface area contributed by atoms with Crippen LogP contribution in [0.15, 0.2) is 65.5 Å². The van der Waals surface area contributed by atoms with E-state index >= 15 is 0 Å². The van der Waals surface area contributed by atoms with Gasteiger partial charge in [-0.3, -0.25) is 14.8 Å². The molecule has 2 aliphatic rings. The summed E-state index contributed by atoms with van der Waals surface area (Å²) in [6, 6.07) is 12.6. The van der Waals surface area contributed by atoms with Gasteiger partial charge in [0.2, 0.25) is 0 Å². The van der Waals surface area contributed by atoms with Crippen molar-refractivity contribution in [2.75, 3.05) is 17.2 Å². The fourth-order valence-electron chi connectivity index (χ4n) is 5.52. The van der Waals surface area contributed by atoms with E-state index in [4.69, 9.17) is 11.6 Å². The van der Waals surface area contributed by atoms with Gasteiger partial charge in [0.1, 0.15) is 11.6 Å². The minimum atomic E-state index is -2.53. The Morgan fingerprint density at radius 1 is 1.18 bits per heavy atom. The van der Waals surface area contributed by atoms with Crippen LogP contribution in [0, 0.1) is 16.7 Å². The molecule has 0 amide bonds. The van der Waals surface area contributed by atoms with E-state index in [0.29, 0.717) is 63.3 Å². The van der Waals surface area contributed by atoms with Crippen molar-refractivity contribution in [3.63, 3.8) is 0 Å². The number of fused-ring (bicyclic) bond motifs is 2. The van der Waals surface area contributed by atoms with Crippen molar-refractivity contribution in [3.05, 3.63) is 87.2 Å². The summed E-state index contributed by atoms with van der Waals surface area (Å²) in [5.74, 6) is 0. The van der Waals surface area contributed by atoms with Gasteiger partial charge >= 0.3 is 0 Å². The van der Waals surface area contributed by atoms with Gasteiger partial charge in [0.25, 0.3) is 12.0 Å². The highest BCUT2D eigenvalue weighted by Crippen LogP contribution is 2.47. The topological polar surface area (TPSA) is 110 Å². The third-order valence-electron chi connectivity index (χ3n) is 8.17. The van der Waals surface area contributed by atoms with Gasteiger partial charge in [0.15, 0.2) is 0 Å². The smallest absolute Gasteiger partial charge is 0.262 e. The summed E-state index contributed by atoms with van der Waals surface area (Å²) < 4.78 is 29.5. The Bertz CT molecular complexity index is 1910. The molecule has 1 saturated carbocycles. The predicted molar refractivity (Wildman–Crippen MR) is 169 cm³/mol. The third kappa shape index (κ3) is 5.29. The van der Waals surface area contributed by atoms with Crippen molar-refractivity contribution in [1.82, 2.24) is 25.5 Å². The van der Waals surface area contributed by atoms with Crippen LogP contribution in [0.2, 0.25) is 5.02 Å². The SMILES string of the molecule is Cn1ccc2c([C@H](Nc3cc(Cl)c4ncc(C#N)c(NCC(C)(C)C)c4c3)C3=CN(C4(C(F)F)CC4)NN3)cccc2c1=O. The third-order valence-corrected chi connectivity index (χ3v) is 8.45. The van der Waals surface area contributed by atoms with E-state index in [1.54, 1.807) is 37.6 Å². The molecule has 0 saturated heterocycles. The van der Waals surface area contributed by atoms with E-state index in [-0.39, 0.29) is 11.0 Å². The zero-order chi connectivity index (χ0) is 31.4. The lowest BCUT2D eigenvalue weighted by Gasteiger charge is -2.25. The quantitative estimate of drug-likeness (QED) is 0.185. The zero-order valence-electron chi connectivity index (χ0n) is 24.8. The molecule has 6 rings (SSSR count). The normalized spacial score (nSPS) is 16.5. The number of nitriles is 1. The lowest BCUT2D eigenvalue weighted by molar-refractivity contribution is 0.00911. The monoisotopic (exact) mass is 618 g/mol. The molecule has 44 heavy (non-hydrogen) atoms. The summed E-state index contributed by atoms with van der Waals surface area (Å²) in [5.41, 5.74) is 8.03. The van der Waals surface area contributed by atoms with Gasteiger partial charge in [-0.1, -0.05) is 44.5 Å². The highest BCUT2D eigenvalue weighted by molar-refractivity contribution is 6.35. The van der Waals surface area contributed by atoms with Crippen molar-refractivity contribution in [2.24, 2.45) is 12.5 Å². The van der Waals surface area contributed by atoms with Crippen molar-refractivity contribution >= 4 is 44.7 Å². The number of hydrazine groups is 2. The molecule has 4 N–H and O–H groups in total. The van der Waals surface area contributed by atoms with Crippen molar-refractivity contribution in [2.45, 2.75) is 51.6 Å². The van der Waals surface area contributed by atoms with E-state index in [0.717, 1.165) is 10.9 Å².